The van der Waals surface area contributed by atoms with E-state index in [0.29, 0.717) is 23.9 Å². The lowest BCUT2D eigenvalue weighted by atomic mass is 10.2. The van der Waals surface area contributed by atoms with E-state index in [0.717, 1.165) is 16.3 Å². The van der Waals surface area contributed by atoms with Crippen LogP contribution in [0.15, 0.2) is 60.0 Å². The number of thiazole rings is 1. The second kappa shape index (κ2) is 9.97. The highest BCUT2D eigenvalue weighted by Crippen LogP contribution is 2.30. The summed E-state index contributed by atoms with van der Waals surface area (Å²) < 4.78 is 16.8. The molecule has 2 aromatic carbocycles. The summed E-state index contributed by atoms with van der Waals surface area (Å²) in [4.78, 5) is 28.6. The SMILES string of the molecule is Cc1nc(COc2ccc(/C=C/C(=O)NNC(=O)C3COc4ccccc4O3)cc2)cs1. The number of hydrogen-bond donors (Lipinski definition) is 2. The zero-order valence-electron chi connectivity index (χ0n) is 17.2. The van der Waals surface area contributed by atoms with Crippen LogP contribution >= 0.6 is 11.3 Å². The number of hydrogen-bond acceptors (Lipinski definition) is 7. The largest absolute Gasteiger partial charge is 0.487 e. The van der Waals surface area contributed by atoms with Gasteiger partial charge >= 0.3 is 0 Å². The molecule has 8 nitrogen and oxygen atoms in total. The standard InChI is InChI=1S/C23H21N3O5S/c1-15-24-17(14-32-15)12-29-18-9-6-16(7-10-18)8-11-22(27)25-26-23(28)21-13-30-19-4-2-3-5-20(19)31-21/h2-11,14,21H,12-13H2,1H3,(H,25,27)(H,26,28)/b11-8+. The van der Waals surface area contributed by atoms with E-state index >= 15 is 0 Å². The van der Waals surface area contributed by atoms with Gasteiger partial charge in [-0.2, -0.15) is 0 Å². The summed E-state index contributed by atoms with van der Waals surface area (Å²) in [7, 11) is 0. The summed E-state index contributed by atoms with van der Waals surface area (Å²) in [5.41, 5.74) is 6.38. The number of hydrazine groups is 1. The first-order chi connectivity index (χ1) is 15.6. The number of nitrogens with one attached hydrogen (secondary N) is 2. The minimum atomic E-state index is -0.852. The molecule has 0 aliphatic carbocycles. The molecule has 3 aromatic rings. The number of para-hydroxylation sites is 2. The van der Waals surface area contributed by atoms with E-state index in [2.05, 4.69) is 15.8 Å². The van der Waals surface area contributed by atoms with E-state index in [-0.39, 0.29) is 6.61 Å². The number of rotatable bonds is 6. The molecular formula is C23H21N3O5S. The van der Waals surface area contributed by atoms with Crippen molar-refractivity contribution in [3.05, 3.63) is 76.3 Å². The maximum Gasteiger partial charge on any atom is 0.283 e. The number of ether oxygens (including phenoxy) is 3. The summed E-state index contributed by atoms with van der Waals surface area (Å²) in [5.74, 6) is 0.797. The molecule has 0 spiro atoms. The zero-order chi connectivity index (χ0) is 22.3. The molecule has 1 aromatic heterocycles. The van der Waals surface area contributed by atoms with Crippen LogP contribution in [0.5, 0.6) is 17.2 Å². The van der Waals surface area contributed by atoms with Gasteiger partial charge in [-0.05, 0) is 42.8 Å². The molecule has 9 heteroatoms. The van der Waals surface area contributed by atoms with Gasteiger partial charge < -0.3 is 14.2 Å². The molecule has 1 aliphatic heterocycles. The van der Waals surface area contributed by atoms with Crippen molar-refractivity contribution in [1.82, 2.24) is 15.8 Å². The van der Waals surface area contributed by atoms with Crippen LogP contribution in [0.3, 0.4) is 0 Å². The van der Waals surface area contributed by atoms with E-state index in [1.807, 2.05) is 42.6 Å². The first-order valence-electron chi connectivity index (χ1n) is 9.87. The predicted molar refractivity (Wildman–Crippen MR) is 119 cm³/mol. The smallest absolute Gasteiger partial charge is 0.283 e. The third kappa shape index (κ3) is 5.64. The lowest BCUT2D eigenvalue weighted by molar-refractivity contribution is -0.134. The van der Waals surface area contributed by atoms with Gasteiger partial charge in [0, 0.05) is 11.5 Å². The molecule has 2 N–H and O–H groups in total. The van der Waals surface area contributed by atoms with Crippen molar-refractivity contribution in [2.24, 2.45) is 0 Å². The molecular weight excluding hydrogens is 430 g/mol. The highest BCUT2D eigenvalue weighted by Gasteiger charge is 2.27. The van der Waals surface area contributed by atoms with Crippen molar-refractivity contribution in [1.29, 1.82) is 0 Å². The van der Waals surface area contributed by atoms with Crippen molar-refractivity contribution >= 4 is 29.2 Å². The van der Waals surface area contributed by atoms with Gasteiger partial charge in [0.05, 0.1) is 10.7 Å². The van der Waals surface area contributed by atoms with Gasteiger partial charge in [0.2, 0.25) is 6.10 Å². The topological polar surface area (TPSA) is 98.8 Å². The number of aromatic nitrogens is 1. The minimum Gasteiger partial charge on any atom is -0.487 e. The van der Waals surface area contributed by atoms with E-state index in [1.165, 1.54) is 6.08 Å². The zero-order valence-corrected chi connectivity index (χ0v) is 18.1. The van der Waals surface area contributed by atoms with Crippen LogP contribution in [0.2, 0.25) is 0 Å². The minimum absolute atomic E-state index is 0.0606. The van der Waals surface area contributed by atoms with Crippen LogP contribution in [0, 0.1) is 6.92 Å². The average Bonchev–Trinajstić information content (AvgIpc) is 3.25. The maximum absolute atomic E-state index is 12.2. The van der Waals surface area contributed by atoms with E-state index < -0.39 is 17.9 Å². The fraction of sp³-hybridized carbons (Fsp3) is 0.174. The quantitative estimate of drug-likeness (QED) is 0.442. The summed E-state index contributed by atoms with van der Waals surface area (Å²) in [6.07, 6.45) is 2.10. The summed E-state index contributed by atoms with van der Waals surface area (Å²) in [6.45, 7) is 2.42. The molecule has 0 radical (unpaired) electrons. The fourth-order valence-corrected chi connectivity index (χ4v) is 3.47. The predicted octanol–water partition coefficient (Wildman–Crippen LogP) is 3.03. The third-order valence-corrected chi connectivity index (χ3v) is 5.29. The van der Waals surface area contributed by atoms with Crippen LogP contribution in [0.4, 0.5) is 0 Å². The molecule has 1 unspecified atom stereocenters. The van der Waals surface area contributed by atoms with Crippen LogP contribution in [-0.2, 0) is 16.2 Å². The van der Waals surface area contributed by atoms with Crippen LogP contribution in [-0.4, -0.2) is 29.5 Å². The fourth-order valence-electron chi connectivity index (χ4n) is 2.87. The Hall–Kier alpha value is -3.85. The molecule has 2 amide bonds. The van der Waals surface area contributed by atoms with Gasteiger partial charge in [-0.3, -0.25) is 20.4 Å². The second-order valence-corrected chi connectivity index (χ2v) is 7.95. The van der Waals surface area contributed by atoms with Gasteiger partial charge in [0.25, 0.3) is 11.8 Å². The average molecular weight is 452 g/mol. The lowest BCUT2D eigenvalue weighted by Crippen LogP contribution is -2.50. The van der Waals surface area contributed by atoms with Crippen LogP contribution in [0.25, 0.3) is 6.08 Å². The van der Waals surface area contributed by atoms with E-state index in [4.69, 9.17) is 14.2 Å². The third-order valence-electron chi connectivity index (χ3n) is 4.47. The number of benzene rings is 2. The molecule has 0 saturated heterocycles. The van der Waals surface area contributed by atoms with Crippen LogP contribution in [0.1, 0.15) is 16.3 Å². The highest BCUT2D eigenvalue weighted by atomic mass is 32.1. The maximum atomic E-state index is 12.2. The Labute approximate surface area is 188 Å². The molecule has 1 atom stereocenters. The summed E-state index contributed by atoms with van der Waals surface area (Å²) in [6, 6.07) is 14.4. The van der Waals surface area contributed by atoms with Crippen molar-refractivity contribution in [3.8, 4) is 17.2 Å². The van der Waals surface area contributed by atoms with Crippen molar-refractivity contribution < 1.29 is 23.8 Å². The molecule has 1 aliphatic rings. The summed E-state index contributed by atoms with van der Waals surface area (Å²) in [5, 5.41) is 2.97. The van der Waals surface area contributed by atoms with Gasteiger partial charge in [-0.25, -0.2) is 4.98 Å². The summed E-state index contributed by atoms with van der Waals surface area (Å²) >= 11 is 1.58. The Kier molecular flexibility index (Phi) is 6.66. The molecule has 2 heterocycles. The number of aryl methyl sites for hydroxylation is 1. The molecule has 164 valence electrons. The Morgan fingerprint density at radius 2 is 1.94 bits per heavy atom. The van der Waals surface area contributed by atoms with Gasteiger partial charge in [-0.1, -0.05) is 24.3 Å². The molecule has 32 heavy (non-hydrogen) atoms. The van der Waals surface area contributed by atoms with Crippen LogP contribution < -0.4 is 25.1 Å². The van der Waals surface area contributed by atoms with Gasteiger partial charge in [0.1, 0.15) is 19.0 Å². The number of fused-ring (bicyclic) bond motifs is 1. The molecule has 4 rings (SSSR count). The first kappa shape index (κ1) is 21.4. The Bertz CT molecular complexity index is 1130. The monoisotopic (exact) mass is 451 g/mol. The number of carbonyl (C=O) groups excluding carboxylic acids is 2. The normalized spacial score (nSPS) is 14.7. The van der Waals surface area contributed by atoms with Gasteiger partial charge in [0.15, 0.2) is 11.5 Å². The van der Waals surface area contributed by atoms with Gasteiger partial charge in [-0.15, -0.1) is 11.3 Å². The van der Waals surface area contributed by atoms with E-state index in [1.54, 1.807) is 35.6 Å². The highest BCUT2D eigenvalue weighted by molar-refractivity contribution is 7.09. The lowest BCUT2D eigenvalue weighted by Gasteiger charge is -2.25. The Morgan fingerprint density at radius 3 is 2.69 bits per heavy atom. The molecule has 0 fully saturated rings. The number of carbonyl (C=O) groups is 2. The number of amides is 2. The Morgan fingerprint density at radius 1 is 1.16 bits per heavy atom. The Balaban J connectivity index is 1.21. The van der Waals surface area contributed by atoms with Crippen molar-refractivity contribution in [2.75, 3.05) is 6.61 Å². The number of nitrogens with zero attached hydrogens (tertiary/aromatic N) is 1. The van der Waals surface area contributed by atoms with E-state index in [9.17, 15) is 9.59 Å². The first-order valence-corrected chi connectivity index (χ1v) is 10.7. The van der Waals surface area contributed by atoms with Crippen molar-refractivity contribution in [3.63, 3.8) is 0 Å². The van der Waals surface area contributed by atoms with Crippen molar-refractivity contribution in [2.45, 2.75) is 19.6 Å². The second-order valence-electron chi connectivity index (χ2n) is 6.89. The molecule has 0 bridgehead atoms. The molecule has 0 saturated carbocycles.